The Morgan fingerprint density at radius 3 is 2.61 bits per heavy atom. The maximum atomic E-state index is 5.95. The van der Waals surface area contributed by atoms with Gasteiger partial charge in [-0.1, -0.05) is 19.3 Å². The molecule has 1 unspecified atom stereocenters. The van der Waals surface area contributed by atoms with Gasteiger partial charge in [-0.25, -0.2) is 0 Å². The molecule has 0 aromatic rings. The van der Waals surface area contributed by atoms with Crippen LogP contribution in [0.25, 0.3) is 0 Å². The van der Waals surface area contributed by atoms with Gasteiger partial charge in [0.2, 0.25) is 0 Å². The van der Waals surface area contributed by atoms with Gasteiger partial charge >= 0.3 is 0 Å². The number of hydrogen-bond donors (Lipinski definition) is 2. The summed E-state index contributed by atoms with van der Waals surface area (Å²) in [4.78, 5) is 6.69. The van der Waals surface area contributed by atoms with Crippen LogP contribution in [0.2, 0.25) is 0 Å². The Hall–Kier alpha value is -0.0800. The van der Waals surface area contributed by atoms with E-state index in [4.69, 9.17) is 4.74 Å². The number of hydrogen-bond acceptors (Lipinski definition) is 3. The molecule has 0 bridgehead atoms. The van der Waals surface area contributed by atoms with E-state index in [-0.39, 0.29) is 24.0 Å². The van der Waals surface area contributed by atoms with Crippen molar-refractivity contribution in [1.82, 2.24) is 15.5 Å². The molecule has 5 nitrogen and oxygen atoms in total. The summed E-state index contributed by atoms with van der Waals surface area (Å²) in [7, 11) is 4.04. The summed E-state index contributed by atoms with van der Waals surface area (Å²) in [5.74, 6) is 1.67. The molecule has 1 atom stereocenters. The van der Waals surface area contributed by atoms with E-state index in [0.717, 1.165) is 38.0 Å². The standard InChI is InChI=1S/C17H34N4O.HI/c1-18-17(20-13-15-9-11-21(2)14-15)19-10-6-12-22-16-7-4-3-5-8-16;/h15-16H,3-14H2,1-2H3,(H2,18,19,20);1H. The topological polar surface area (TPSA) is 48.9 Å². The van der Waals surface area contributed by atoms with E-state index in [0.29, 0.717) is 6.10 Å². The molecule has 0 aromatic heterocycles. The molecule has 0 aromatic carbocycles. The van der Waals surface area contributed by atoms with Gasteiger partial charge in [0.05, 0.1) is 6.10 Å². The van der Waals surface area contributed by atoms with Gasteiger partial charge in [0.25, 0.3) is 0 Å². The number of nitrogens with zero attached hydrogens (tertiary/aromatic N) is 2. The Morgan fingerprint density at radius 2 is 1.96 bits per heavy atom. The van der Waals surface area contributed by atoms with Gasteiger partial charge < -0.3 is 20.3 Å². The zero-order valence-electron chi connectivity index (χ0n) is 14.9. The number of ether oxygens (including phenoxy) is 1. The summed E-state index contributed by atoms with van der Waals surface area (Å²) in [6.45, 7) is 5.22. The SMILES string of the molecule is CN=C(NCCCOC1CCCCC1)NCC1CCN(C)C1.I. The molecule has 1 saturated carbocycles. The molecule has 23 heavy (non-hydrogen) atoms. The van der Waals surface area contributed by atoms with Gasteiger partial charge in [-0.05, 0) is 45.2 Å². The summed E-state index contributed by atoms with van der Waals surface area (Å²) in [5.41, 5.74) is 0. The monoisotopic (exact) mass is 438 g/mol. The fourth-order valence-corrected chi connectivity index (χ4v) is 3.42. The van der Waals surface area contributed by atoms with Crippen LogP contribution >= 0.6 is 24.0 Å². The van der Waals surface area contributed by atoms with Crippen LogP contribution in [0.1, 0.15) is 44.9 Å². The van der Waals surface area contributed by atoms with E-state index in [1.807, 2.05) is 7.05 Å². The molecule has 2 N–H and O–H groups in total. The highest BCUT2D eigenvalue weighted by molar-refractivity contribution is 14.0. The second-order valence-corrected chi connectivity index (χ2v) is 6.78. The fourth-order valence-electron chi connectivity index (χ4n) is 3.42. The minimum absolute atomic E-state index is 0. The highest BCUT2D eigenvalue weighted by atomic mass is 127. The highest BCUT2D eigenvalue weighted by Crippen LogP contribution is 2.20. The molecule has 136 valence electrons. The number of guanidine groups is 1. The zero-order valence-corrected chi connectivity index (χ0v) is 17.2. The van der Waals surface area contributed by atoms with Crippen molar-refractivity contribution in [2.24, 2.45) is 10.9 Å². The van der Waals surface area contributed by atoms with Crippen LogP contribution in [0, 0.1) is 5.92 Å². The minimum atomic E-state index is 0. The van der Waals surface area contributed by atoms with Crippen molar-refractivity contribution in [3.05, 3.63) is 0 Å². The predicted octanol–water partition coefficient (Wildman–Crippen LogP) is 2.46. The molecule has 2 aliphatic rings. The van der Waals surface area contributed by atoms with Crippen molar-refractivity contribution >= 4 is 29.9 Å². The van der Waals surface area contributed by atoms with Crippen LogP contribution in [0.15, 0.2) is 4.99 Å². The molecule has 0 amide bonds. The summed E-state index contributed by atoms with van der Waals surface area (Å²) in [6, 6.07) is 0. The maximum Gasteiger partial charge on any atom is 0.190 e. The zero-order chi connectivity index (χ0) is 15.6. The highest BCUT2D eigenvalue weighted by Gasteiger charge is 2.19. The lowest BCUT2D eigenvalue weighted by molar-refractivity contribution is 0.0277. The van der Waals surface area contributed by atoms with Crippen LogP contribution in [-0.4, -0.2) is 63.8 Å². The van der Waals surface area contributed by atoms with Crippen LogP contribution < -0.4 is 10.6 Å². The van der Waals surface area contributed by atoms with E-state index in [9.17, 15) is 0 Å². The molecule has 2 rings (SSSR count). The van der Waals surface area contributed by atoms with E-state index in [1.165, 1.54) is 51.6 Å². The van der Waals surface area contributed by atoms with Crippen molar-refractivity contribution in [3.63, 3.8) is 0 Å². The number of halogens is 1. The molecular weight excluding hydrogens is 403 g/mol. The molecule has 1 saturated heterocycles. The second-order valence-electron chi connectivity index (χ2n) is 6.78. The third-order valence-electron chi connectivity index (χ3n) is 4.79. The first-order valence-electron chi connectivity index (χ1n) is 9.02. The molecule has 2 fully saturated rings. The smallest absolute Gasteiger partial charge is 0.190 e. The lowest BCUT2D eigenvalue weighted by Crippen LogP contribution is -2.40. The van der Waals surface area contributed by atoms with Gasteiger partial charge in [0.1, 0.15) is 0 Å². The molecule has 6 heteroatoms. The van der Waals surface area contributed by atoms with Gasteiger partial charge in [-0.15, -0.1) is 24.0 Å². The molecule has 0 spiro atoms. The van der Waals surface area contributed by atoms with E-state index < -0.39 is 0 Å². The molecule has 0 radical (unpaired) electrons. The van der Waals surface area contributed by atoms with Gasteiger partial charge in [0.15, 0.2) is 5.96 Å². The Labute approximate surface area is 159 Å². The first-order valence-corrected chi connectivity index (χ1v) is 9.02. The fraction of sp³-hybridized carbons (Fsp3) is 0.941. The molecule has 1 aliphatic heterocycles. The number of rotatable bonds is 7. The Morgan fingerprint density at radius 1 is 1.17 bits per heavy atom. The summed E-state index contributed by atoms with van der Waals surface area (Å²) < 4.78 is 5.95. The van der Waals surface area contributed by atoms with Gasteiger partial charge in [-0.2, -0.15) is 0 Å². The summed E-state index contributed by atoms with van der Waals surface area (Å²) in [6.07, 6.45) is 9.44. The Balaban J connectivity index is 0.00000264. The largest absolute Gasteiger partial charge is 0.378 e. The lowest BCUT2D eigenvalue weighted by Gasteiger charge is -2.22. The van der Waals surface area contributed by atoms with Crippen LogP contribution in [0.4, 0.5) is 0 Å². The molecule has 1 aliphatic carbocycles. The van der Waals surface area contributed by atoms with Crippen molar-refractivity contribution in [3.8, 4) is 0 Å². The second kappa shape index (κ2) is 12.3. The van der Waals surface area contributed by atoms with Crippen molar-refractivity contribution in [1.29, 1.82) is 0 Å². The average molecular weight is 438 g/mol. The third kappa shape index (κ3) is 8.54. The van der Waals surface area contributed by atoms with Crippen molar-refractivity contribution in [2.75, 3.05) is 46.9 Å². The quantitative estimate of drug-likeness (QED) is 0.278. The Bertz CT molecular complexity index is 335. The maximum absolute atomic E-state index is 5.95. The first-order chi connectivity index (χ1) is 10.8. The first kappa shape index (κ1) is 21.0. The van der Waals surface area contributed by atoms with Crippen LogP contribution in [-0.2, 0) is 4.74 Å². The minimum Gasteiger partial charge on any atom is -0.378 e. The van der Waals surface area contributed by atoms with Crippen molar-refractivity contribution in [2.45, 2.75) is 51.0 Å². The van der Waals surface area contributed by atoms with E-state index in [2.05, 4.69) is 27.6 Å². The van der Waals surface area contributed by atoms with Gasteiger partial charge in [0, 0.05) is 33.3 Å². The number of likely N-dealkylation sites (tertiary alicyclic amines) is 1. The summed E-state index contributed by atoms with van der Waals surface area (Å²) in [5, 5.41) is 6.83. The molecule has 1 heterocycles. The van der Waals surface area contributed by atoms with Crippen LogP contribution in [0.5, 0.6) is 0 Å². The van der Waals surface area contributed by atoms with E-state index >= 15 is 0 Å². The molecular formula is C17H35IN4O. The average Bonchev–Trinajstić information content (AvgIpc) is 2.96. The van der Waals surface area contributed by atoms with Crippen LogP contribution in [0.3, 0.4) is 0 Å². The summed E-state index contributed by atoms with van der Waals surface area (Å²) >= 11 is 0. The lowest BCUT2D eigenvalue weighted by atomic mass is 9.98. The predicted molar refractivity (Wildman–Crippen MR) is 108 cm³/mol. The normalized spacial score (nSPS) is 23.6. The Kier molecular flexibility index (Phi) is 11.2. The van der Waals surface area contributed by atoms with Gasteiger partial charge in [-0.3, -0.25) is 4.99 Å². The van der Waals surface area contributed by atoms with Crippen molar-refractivity contribution < 1.29 is 4.74 Å². The third-order valence-corrected chi connectivity index (χ3v) is 4.79. The van der Waals surface area contributed by atoms with E-state index in [1.54, 1.807) is 0 Å². The number of aliphatic imine (C=N–C) groups is 1. The number of nitrogens with one attached hydrogen (secondary N) is 2.